The van der Waals surface area contributed by atoms with Gasteiger partial charge < -0.3 is 10.0 Å². The van der Waals surface area contributed by atoms with Crippen molar-refractivity contribution < 1.29 is 26.0 Å². The van der Waals surface area contributed by atoms with Gasteiger partial charge in [-0.2, -0.15) is 0 Å². The van der Waals surface area contributed by atoms with E-state index in [1.54, 1.807) is 13.3 Å². The molecule has 2 rings (SSSR count). The van der Waals surface area contributed by atoms with E-state index < -0.39 is 20.8 Å². The molecule has 0 atom stereocenters. The molecule has 1 N–H and O–H groups in total. The summed E-state index contributed by atoms with van der Waals surface area (Å²) in [5.74, 6) is 0.296. The normalized spacial score (nSPS) is 11.0. The number of phenolic OH excluding ortho intramolecular Hbond substituents is 1. The van der Waals surface area contributed by atoms with Crippen molar-refractivity contribution in [3.63, 3.8) is 0 Å². The summed E-state index contributed by atoms with van der Waals surface area (Å²) >= 11 is -0.826. The molecule has 0 spiro atoms. The topological polar surface area (TPSA) is 35.8 Å². The predicted octanol–water partition coefficient (Wildman–Crippen LogP) is 5.21. The van der Waals surface area contributed by atoms with Crippen molar-refractivity contribution in [3.05, 3.63) is 59.2 Å². The summed E-state index contributed by atoms with van der Waals surface area (Å²) in [6.45, 7) is 4.26. The first-order chi connectivity index (χ1) is 11.8. The number of hydrogen-bond acceptors (Lipinski definition) is 3. The molecule has 0 saturated carbocycles. The Kier molecular flexibility index (Phi) is 9.20. The van der Waals surface area contributed by atoms with Gasteiger partial charge in [0, 0.05) is 49.6 Å². The molecular weight excluding hydrogens is 434 g/mol. The number of hydrogen-bond donors (Lipinski definition) is 1. The zero-order chi connectivity index (χ0) is 19.0. The van der Waals surface area contributed by atoms with Crippen LogP contribution in [0.3, 0.4) is 0 Å². The first kappa shape index (κ1) is 22.2. The molecule has 0 amide bonds. The van der Waals surface area contributed by atoms with E-state index in [-0.39, 0.29) is 5.41 Å². The van der Waals surface area contributed by atoms with Crippen molar-refractivity contribution in [1.29, 1.82) is 0 Å². The van der Waals surface area contributed by atoms with Crippen LogP contribution < -0.4 is 4.90 Å². The van der Waals surface area contributed by atoms with E-state index in [0.717, 1.165) is 16.8 Å². The van der Waals surface area contributed by atoms with E-state index in [0.29, 0.717) is 5.75 Å². The molecule has 0 saturated heterocycles. The number of nitrogens with zero attached hydrogens (tertiary/aromatic N) is 2. The van der Waals surface area contributed by atoms with Crippen LogP contribution in [0.2, 0.25) is 0 Å². The van der Waals surface area contributed by atoms with Crippen molar-refractivity contribution in [2.75, 3.05) is 26.0 Å². The number of benzene rings is 2. The first-order valence-corrected chi connectivity index (χ1v) is 14.1. The van der Waals surface area contributed by atoms with Gasteiger partial charge in [-0.3, -0.25) is 4.99 Å². The fourth-order valence-corrected chi connectivity index (χ4v) is 2.62. The van der Waals surface area contributed by atoms with Gasteiger partial charge in [0.05, 0.1) is 0 Å². The number of aromatic hydroxyl groups is 1. The second-order valence-corrected chi connectivity index (χ2v) is 10.0. The summed E-state index contributed by atoms with van der Waals surface area (Å²) in [6.07, 6.45) is 1.70. The van der Waals surface area contributed by atoms with E-state index in [1.165, 1.54) is 5.56 Å². The van der Waals surface area contributed by atoms with Gasteiger partial charge in [-0.25, -0.2) is 0 Å². The Balaban J connectivity index is 0.000000970. The molecule has 6 heteroatoms. The van der Waals surface area contributed by atoms with Crippen molar-refractivity contribution in [2.45, 2.75) is 19.3 Å². The monoisotopic (exact) mass is 456 g/mol. The average Bonchev–Trinajstić information content (AvgIpc) is 2.58. The quantitative estimate of drug-likeness (QED) is 0.639. The number of anilines is 1. The Bertz CT molecular complexity index is 704. The third-order valence-corrected chi connectivity index (χ3v) is 4.08. The Morgan fingerprint density at radius 2 is 1.68 bits per heavy atom. The van der Waals surface area contributed by atoms with Crippen LogP contribution in [0.4, 0.5) is 5.69 Å². The SMILES string of the molecule is CN=Cc1cc(N(C)C)cc(C(C)(C)c2ccccc2)c1O.[Cl][Zr][Cl]. The number of rotatable bonds is 4. The molecule has 0 radical (unpaired) electrons. The van der Waals surface area contributed by atoms with Crippen molar-refractivity contribution in [1.82, 2.24) is 0 Å². The summed E-state index contributed by atoms with van der Waals surface area (Å²) in [6, 6.07) is 14.2. The van der Waals surface area contributed by atoms with Crippen LogP contribution >= 0.6 is 17.0 Å². The number of aliphatic imine (C=N–C) groups is 1. The van der Waals surface area contributed by atoms with E-state index >= 15 is 0 Å². The van der Waals surface area contributed by atoms with Gasteiger partial charge >= 0.3 is 37.9 Å². The molecule has 0 aromatic heterocycles. The Morgan fingerprint density at radius 3 is 2.16 bits per heavy atom. The molecule has 2 aromatic rings. The van der Waals surface area contributed by atoms with E-state index in [4.69, 9.17) is 17.0 Å². The molecule has 0 heterocycles. The summed E-state index contributed by atoms with van der Waals surface area (Å²) < 4.78 is 0. The van der Waals surface area contributed by atoms with Crippen LogP contribution in [0, 0.1) is 0 Å². The Labute approximate surface area is 169 Å². The Morgan fingerprint density at radius 1 is 1.12 bits per heavy atom. The fourth-order valence-electron chi connectivity index (χ4n) is 2.62. The molecule has 0 unspecified atom stereocenters. The van der Waals surface area contributed by atoms with Gasteiger partial charge in [-0.1, -0.05) is 44.2 Å². The Hall–Kier alpha value is -0.827. The predicted molar refractivity (Wildman–Crippen MR) is 106 cm³/mol. The van der Waals surface area contributed by atoms with Crippen molar-refractivity contribution >= 4 is 28.9 Å². The zero-order valence-electron chi connectivity index (χ0n) is 15.2. The second-order valence-electron chi connectivity index (χ2n) is 6.28. The molecular formula is C19H24Cl2N2OZr. The van der Waals surface area contributed by atoms with Gasteiger partial charge in [-0.05, 0) is 17.7 Å². The van der Waals surface area contributed by atoms with Crippen LogP contribution in [0.15, 0.2) is 47.5 Å². The van der Waals surface area contributed by atoms with E-state index in [9.17, 15) is 5.11 Å². The zero-order valence-corrected chi connectivity index (χ0v) is 19.2. The van der Waals surface area contributed by atoms with Crippen molar-refractivity contribution in [2.24, 2.45) is 4.99 Å². The van der Waals surface area contributed by atoms with Gasteiger partial charge in [0.2, 0.25) is 0 Å². The number of halogens is 2. The van der Waals surface area contributed by atoms with Crippen LogP contribution in [-0.4, -0.2) is 32.5 Å². The summed E-state index contributed by atoms with van der Waals surface area (Å²) in [5.41, 5.74) is 3.56. The maximum atomic E-state index is 10.7. The summed E-state index contributed by atoms with van der Waals surface area (Å²) in [5, 5.41) is 10.7. The maximum absolute atomic E-state index is 10.7. The van der Waals surface area contributed by atoms with Gasteiger partial charge in [0.15, 0.2) is 0 Å². The van der Waals surface area contributed by atoms with E-state index in [2.05, 4.69) is 37.0 Å². The van der Waals surface area contributed by atoms with Crippen LogP contribution in [0.1, 0.15) is 30.5 Å². The molecule has 0 aliphatic carbocycles. The number of phenols is 1. The molecule has 25 heavy (non-hydrogen) atoms. The summed E-state index contributed by atoms with van der Waals surface area (Å²) in [4.78, 5) is 6.10. The molecule has 2 aromatic carbocycles. The van der Waals surface area contributed by atoms with Crippen molar-refractivity contribution in [3.8, 4) is 5.75 Å². The van der Waals surface area contributed by atoms with E-state index in [1.807, 2.05) is 43.3 Å². The standard InChI is InChI=1S/C19H24N2O.2ClH.Zr/c1-19(2,15-9-7-6-8-10-15)17-12-16(21(4)5)11-14(13-20-3)18(17)22;;;/h6-13,22H,1-5H3;2*1H;/q;;;+2/p-2. The third-order valence-electron chi connectivity index (χ3n) is 4.08. The molecule has 0 aliphatic heterocycles. The van der Waals surface area contributed by atoms with Crippen LogP contribution in [0.5, 0.6) is 5.75 Å². The molecule has 0 bridgehead atoms. The average molecular weight is 459 g/mol. The molecule has 0 aliphatic rings. The fraction of sp³-hybridized carbons (Fsp3) is 0.316. The molecule has 134 valence electrons. The van der Waals surface area contributed by atoms with Gasteiger partial charge in [0.25, 0.3) is 0 Å². The first-order valence-electron chi connectivity index (χ1n) is 7.78. The summed E-state index contributed by atoms with van der Waals surface area (Å²) in [7, 11) is 15.6. The third kappa shape index (κ3) is 5.84. The van der Waals surface area contributed by atoms with Gasteiger partial charge in [0.1, 0.15) is 5.75 Å². The van der Waals surface area contributed by atoms with Crippen LogP contribution in [-0.2, 0) is 26.3 Å². The second kappa shape index (κ2) is 10.4. The molecule has 3 nitrogen and oxygen atoms in total. The minimum atomic E-state index is -0.826. The van der Waals surface area contributed by atoms with Crippen LogP contribution in [0.25, 0.3) is 0 Å². The van der Waals surface area contributed by atoms with Gasteiger partial charge in [-0.15, -0.1) is 0 Å². The minimum absolute atomic E-state index is 0.296. The molecule has 0 fully saturated rings.